The first-order chi connectivity index (χ1) is 14.5. The molecule has 0 amide bonds. The van der Waals surface area contributed by atoms with Gasteiger partial charge in [0.1, 0.15) is 0 Å². The summed E-state index contributed by atoms with van der Waals surface area (Å²) in [4.78, 5) is 6.52. The summed E-state index contributed by atoms with van der Waals surface area (Å²) in [6.45, 7) is 7.35. The lowest BCUT2D eigenvalue weighted by Crippen LogP contribution is -2.49. The Bertz CT molecular complexity index is 656. The second-order valence-corrected chi connectivity index (χ2v) is 7.39. The number of nitrogens with one attached hydrogen (secondary N) is 2. The van der Waals surface area contributed by atoms with E-state index in [0.717, 1.165) is 49.7 Å². The molecule has 0 unspecified atom stereocenters. The number of hydrogen-bond acceptors (Lipinski definition) is 4. The Kier molecular flexibility index (Phi) is 13.8. The van der Waals surface area contributed by atoms with Crippen LogP contribution < -0.4 is 20.1 Å². The van der Waals surface area contributed by atoms with Crippen molar-refractivity contribution in [3.05, 3.63) is 23.8 Å². The van der Waals surface area contributed by atoms with Gasteiger partial charge in [0, 0.05) is 32.2 Å². The number of aryl methyl sites for hydroxylation is 1. The van der Waals surface area contributed by atoms with Crippen LogP contribution in [-0.4, -0.2) is 69.8 Å². The van der Waals surface area contributed by atoms with Crippen molar-refractivity contribution in [2.45, 2.75) is 52.0 Å². The number of ether oxygens (including phenoxy) is 2. The SMILES string of the molecule is CCNC(=NCCCc1ccc(OC)c(OCC)c1)NC1CCN(CC(F)F)CC1.I. The summed E-state index contributed by atoms with van der Waals surface area (Å²) in [6, 6.07) is 6.30. The van der Waals surface area contributed by atoms with Crippen molar-refractivity contribution < 1.29 is 18.3 Å². The number of hydrogen-bond donors (Lipinski definition) is 2. The number of alkyl halides is 2. The lowest BCUT2D eigenvalue weighted by molar-refractivity contribution is 0.0744. The van der Waals surface area contributed by atoms with E-state index in [1.807, 2.05) is 30.9 Å². The summed E-state index contributed by atoms with van der Waals surface area (Å²) in [7, 11) is 1.64. The van der Waals surface area contributed by atoms with Crippen molar-refractivity contribution in [1.29, 1.82) is 0 Å². The molecule has 0 aliphatic carbocycles. The number of likely N-dealkylation sites (tertiary alicyclic amines) is 1. The van der Waals surface area contributed by atoms with Crippen LogP contribution >= 0.6 is 24.0 Å². The summed E-state index contributed by atoms with van der Waals surface area (Å²) in [5, 5.41) is 6.74. The van der Waals surface area contributed by atoms with E-state index < -0.39 is 6.43 Å². The minimum Gasteiger partial charge on any atom is -0.493 e. The molecule has 0 saturated carbocycles. The highest BCUT2D eigenvalue weighted by atomic mass is 127. The van der Waals surface area contributed by atoms with Gasteiger partial charge in [0.25, 0.3) is 6.43 Å². The van der Waals surface area contributed by atoms with Gasteiger partial charge in [-0.15, -0.1) is 24.0 Å². The van der Waals surface area contributed by atoms with Gasteiger partial charge in [0.2, 0.25) is 0 Å². The zero-order valence-corrected chi connectivity index (χ0v) is 21.2. The predicted octanol–water partition coefficient (Wildman–Crippen LogP) is 3.93. The third-order valence-electron chi connectivity index (χ3n) is 5.09. The van der Waals surface area contributed by atoms with E-state index >= 15 is 0 Å². The highest BCUT2D eigenvalue weighted by Gasteiger charge is 2.21. The van der Waals surface area contributed by atoms with Crippen molar-refractivity contribution in [1.82, 2.24) is 15.5 Å². The van der Waals surface area contributed by atoms with Gasteiger partial charge in [-0.1, -0.05) is 6.07 Å². The fraction of sp³-hybridized carbons (Fsp3) is 0.682. The van der Waals surface area contributed by atoms with E-state index in [9.17, 15) is 8.78 Å². The van der Waals surface area contributed by atoms with E-state index in [0.29, 0.717) is 26.2 Å². The van der Waals surface area contributed by atoms with Gasteiger partial charge >= 0.3 is 0 Å². The summed E-state index contributed by atoms with van der Waals surface area (Å²) < 4.78 is 36.0. The standard InChI is InChI=1S/C22H36F2N4O2.HI/c1-4-25-22(27-18-10-13-28(14-11-18)16-21(23)24)26-12-6-7-17-8-9-19(29-3)20(15-17)30-5-2;/h8-9,15,18,21H,4-7,10-14,16H2,1-3H3,(H2,25,26,27);1H. The number of halogens is 3. The van der Waals surface area contributed by atoms with Crippen LogP contribution in [-0.2, 0) is 6.42 Å². The van der Waals surface area contributed by atoms with Crippen LogP contribution in [0.4, 0.5) is 8.78 Å². The molecule has 2 N–H and O–H groups in total. The Balaban J connectivity index is 0.00000480. The number of methoxy groups -OCH3 is 1. The monoisotopic (exact) mass is 554 g/mol. The first kappa shape index (κ1) is 27.7. The van der Waals surface area contributed by atoms with E-state index in [-0.39, 0.29) is 36.6 Å². The van der Waals surface area contributed by atoms with Gasteiger partial charge in [-0.05, 0) is 57.2 Å². The maximum absolute atomic E-state index is 12.5. The molecule has 0 bridgehead atoms. The van der Waals surface area contributed by atoms with Crippen LogP contribution in [0.15, 0.2) is 23.2 Å². The predicted molar refractivity (Wildman–Crippen MR) is 132 cm³/mol. The normalized spacial score (nSPS) is 15.5. The van der Waals surface area contributed by atoms with Crippen molar-refractivity contribution in [2.75, 3.05) is 46.4 Å². The van der Waals surface area contributed by atoms with Crippen LogP contribution in [0.1, 0.15) is 38.7 Å². The summed E-state index contributed by atoms with van der Waals surface area (Å²) in [6.07, 6.45) is 1.26. The average molecular weight is 554 g/mol. The second kappa shape index (κ2) is 15.4. The molecule has 31 heavy (non-hydrogen) atoms. The minimum absolute atomic E-state index is 0. The first-order valence-corrected chi connectivity index (χ1v) is 10.9. The molecule has 0 atom stereocenters. The fourth-order valence-electron chi connectivity index (χ4n) is 3.59. The second-order valence-electron chi connectivity index (χ2n) is 7.39. The van der Waals surface area contributed by atoms with E-state index in [1.54, 1.807) is 7.11 Å². The Labute approximate surface area is 202 Å². The van der Waals surface area contributed by atoms with Crippen molar-refractivity contribution >= 4 is 29.9 Å². The van der Waals surface area contributed by atoms with Crippen LogP contribution in [0.5, 0.6) is 11.5 Å². The van der Waals surface area contributed by atoms with Gasteiger partial charge in [-0.25, -0.2) is 8.78 Å². The number of nitrogens with zero attached hydrogens (tertiary/aromatic N) is 2. The maximum Gasteiger partial charge on any atom is 0.251 e. The average Bonchev–Trinajstić information content (AvgIpc) is 2.73. The van der Waals surface area contributed by atoms with Gasteiger partial charge in [0.05, 0.1) is 20.3 Å². The van der Waals surface area contributed by atoms with Gasteiger partial charge < -0.3 is 20.1 Å². The minimum atomic E-state index is -2.26. The number of aliphatic imine (C=N–C) groups is 1. The maximum atomic E-state index is 12.5. The van der Waals surface area contributed by atoms with E-state index in [1.165, 1.54) is 5.56 Å². The Morgan fingerprint density at radius 3 is 2.58 bits per heavy atom. The molecule has 1 saturated heterocycles. The van der Waals surface area contributed by atoms with Crippen molar-refractivity contribution in [3.8, 4) is 11.5 Å². The van der Waals surface area contributed by atoms with Crippen molar-refractivity contribution in [2.24, 2.45) is 4.99 Å². The Morgan fingerprint density at radius 1 is 1.23 bits per heavy atom. The molecule has 1 fully saturated rings. The van der Waals surface area contributed by atoms with E-state index in [2.05, 4.69) is 21.7 Å². The quantitative estimate of drug-likeness (QED) is 0.188. The summed E-state index contributed by atoms with van der Waals surface area (Å²) in [5.74, 6) is 2.32. The largest absolute Gasteiger partial charge is 0.493 e. The summed E-state index contributed by atoms with van der Waals surface area (Å²) >= 11 is 0. The molecule has 178 valence electrons. The molecule has 0 spiro atoms. The fourth-order valence-corrected chi connectivity index (χ4v) is 3.59. The lowest BCUT2D eigenvalue weighted by atomic mass is 10.1. The molecule has 9 heteroatoms. The summed E-state index contributed by atoms with van der Waals surface area (Å²) in [5.41, 5.74) is 1.19. The number of piperidine rings is 1. The van der Waals surface area contributed by atoms with Crippen molar-refractivity contribution in [3.63, 3.8) is 0 Å². The highest BCUT2D eigenvalue weighted by Crippen LogP contribution is 2.28. The van der Waals surface area contributed by atoms with Gasteiger partial charge in [-0.3, -0.25) is 9.89 Å². The molecular formula is C22H37F2IN4O2. The molecule has 0 radical (unpaired) electrons. The molecule has 0 aromatic heterocycles. The highest BCUT2D eigenvalue weighted by molar-refractivity contribution is 14.0. The van der Waals surface area contributed by atoms with Crippen LogP contribution in [0.25, 0.3) is 0 Å². The third kappa shape index (κ3) is 10.2. The molecule has 1 aromatic rings. The molecule has 1 heterocycles. The zero-order chi connectivity index (χ0) is 21.8. The van der Waals surface area contributed by atoms with Crippen LogP contribution in [0, 0.1) is 0 Å². The van der Waals surface area contributed by atoms with Crippen LogP contribution in [0.3, 0.4) is 0 Å². The molecule has 2 rings (SSSR count). The topological polar surface area (TPSA) is 58.1 Å². The van der Waals surface area contributed by atoms with Crippen LogP contribution in [0.2, 0.25) is 0 Å². The van der Waals surface area contributed by atoms with E-state index in [4.69, 9.17) is 9.47 Å². The van der Waals surface area contributed by atoms with Gasteiger partial charge in [-0.2, -0.15) is 0 Å². The number of guanidine groups is 1. The molecule has 1 aliphatic heterocycles. The number of benzene rings is 1. The Hall–Kier alpha value is -1.36. The molecule has 1 aliphatic rings. The zero-order valence-electron chi connectivity index (χ0n) is 18.8. The molecule has 1 aromatic carbocycles. The molecule has 6 nitrogen and oxygen atoms in total. The Morgan fingerprint density at radius 2 is 1.97 bits per heavy atom. The first-order valence-electron chi connectivity index (χ1n) is 10.9. The van der Waals surface area contributed by atoms with Gasteiger partial charge in [0.15, 0.2) is 17.5 Å². The molecular weight excluding hydrogens is 517 g/mol. The third-order valence-corrected chi connectivity index (χ3v) is 5.09. The lowest BCUT2D eigenvalue weighted by Gasteiger charge is -2.32. The number of rotatable bonds is 11. The smallest absolute Gasteiger partial charge is 0.251 e.